The molecule has 1 spiro atoms. The van der Waals surface area contributed by atoms with Gasteiger partial charge < -0.3 is 4.74 Å². The summed E-state index contributed by atoms with van der Waals surface area (Å²) < 4.78 is 9.21. The first-order valence-electron chi connectivity index (χ1n) is 10.1. The largest absolute Gasteiger partial charge is 0.364 e. The maximum absolute atomic E-state index is 12.8. The predicted molar refractivity (Wildman–Crippen MR) is 102 cm³/mol. The number of aromatic nitrogens is 4. The summed E-state index contributed by atoms with van der Waals surface area (Å²) >= 11 is 0. The summed E-state index contributed by atoms with van der Waals surface area (Å²) in [5, 5.41) is 4.52. The number of hydrogen-bond acceptors (Lipinski definition) is 6. The van der Waals surface area contributed by atoms with Crippen molar-refractivity contribution in [1.82, 2.24) is 24.2 Å². The van der Waals surface area contributed by atoms with Gasteiger partial charge in [0.15, 0.2) is 5.82 Å². The molecule has 1 aliphatic carbocycles. The predicted octanol–water partition coefficient (Wildman–Crippen LogP) is 1.09. The zero-order chi connectivity index (χ0) is 19.1. The Morgan fingerprint density at radius 1 is 1.14 bits per heavy atom. The van der Waals surface area contributed by atoms with Gasteiger partial charge in [0.25, 0.3) is 0 Å². The summed E-state index contributed by atoms with van der Waals surface area (Å²) in [4.78, 5) is 32.1. The average molecular weight is 383 g/mol. The highest BCUT2D eigenvalue weighted by Crippen LogP contribution is 2.32. The first kappa shape index (κ1) is 17.8. The highest BCUT2D eigenvalue weighted by molar-refractivity contribution is 5.06. The zero-order valence-electron chi connectivity index (χ0n) is 15.9. The second-order valence-electron chi connectivity index (χ2n) is 8.25. The maximum Gasteiger partial charge on any atom is 0.332 e. The summed E-state index contributed by atoms with van der Waals surface area (Å²) in [6, 6.07) is 5.97. The van der Waals surface area contributed by atoms with Crippen LogP contribution in [0.2, 0.25) is 0 Å². The molecule has 2 aromatic heterocycles. The number of ether oxygens (including phenoxy) is 1. The number of nitrogens with zero attached hydrogens (tertiary/aromatic N) is 5. The number of rotatable bonds is 3. The standard InChI is InChI=1S/C20H25N5O3/c26-18-19(27)25(16-6-1-2-7-16)22-17-12-28-20(14-24(17)18)8-10-23(13-20)11-15-5-3-4-9-21-15/h3-5,9,16H,1-2,6-8,10-14H2/t20-/m0/s1. The lowest BCUT2D eigenvalue weighted by molar-refractivity contribution is -0.0861. The fraction of sp³-hybridized carbons (Fsp3) is 0.600. The van der Waals surface area contributed by atoms with Crippen LogP contribution in [-0.2, 0) is 24.4 Å². The SMILES string of the molecule is O=c1c(=O)n2c(nn1C1CCCC1)CO[C@]1(CCN(Cc3ccccn3)C1)C2. The molecule has 0 radical (unpaired) electrons. The van der Waals surface area contributed by atoms with Gasteiger partial charge in [-0.15, -0.1) is 0 Å². The Labute approximate surface area is 162 Å². The molecule has 4 heterocycles. The van der Waals surface area contributed by atoms with E-state index >= 15 is 0 Å². The molecule has 1 atom stereocenters. The van der Waals surface area contributed by atoms with Crippen LogP contribution >= 0.6 is 0 Å². The van der Waals surface area contributed by atoms with E-state index in [1.54, 1.807) is 10.8 Å². The van der Waals surface area contributed by atoms with Crippen LogP contribution < -0.4 is 11.1 Å². The van der Waals surface area contributed by atoms with E-state index in [1.165, 1.54) is 4.68 Å². The summed E-state index contributed by atoms with van der Waals surface area (Å²) in [6.07, 6.45) is 6.64. The smallest absolute Gasteiger partial charge is 0.332 e. The molecule has 0 amide bonds. The number of pyridine rings is 1. The normalized spacial score (nSPS) is 25.4. The molecule has 28 heavy (non-hydrogen) atoms. The van der Waals surface area contributed by atoms with Crippen molar-refractivity contribution in [2.24, 2.45) is 0 Å². The van der Waals surface area contributed by atoms with Gasteiger partial charge in [0.05, 0.1) is 18.3 Å². The third kappa shape index (κ3) is 3.10. The lowest BCUT2D eigenvalue weighted by atomic mass is 10.0. The van der Waals surface area contributed by atoms with Crippen LogP contribution in [0.3, 0.4) is 0 Å². The van der Waals surface area contributed by atoms with E-state index in [2.05, 4.69) is 15.0 Å². The molecule has 2 aromatic rings. The molecule has 148 valence electrons. The minimum atomic E-state index is -0.490. The van der Waals surface area contributed by atoms with Gasteiger partial charge >= 0.3 is 11.1 Å². The minimum absolute atomic E-state index is 0.0577. The first-order chi connectivity index (χ1) is 13.6. The fourth-order valence-corrected chi connectivity index (χ4v) is 4.80. The van der Waals surface area contributed by atoms with Crippen LogP contribution in [0.4, 0.5) is 0 Å². The Kier molecular flexibility index (Phi) is 4.40. The average Bonchev–Trinajstić information content (AvgIpc) is 3.37. The van der Waals surface area contributed by atoms with Gasteiger partial charge in [-0.05, 0) is 31.4 Å². The number of fused-ring (bicyclic) bond motifs is 1. The molecular weight excluding hydrogens is 358 g/mol. The quantitative estimate of drug-likeness (QED) is 0.738. The van der Waals surface area contributed by atoms with Crippen molar-refractivity contribution in [3.05, 3.63) is 56.6 Å². The monoisotopic (exact) mass is 383 g/mol. The van der Waals surface area contributed by atoms with Crippen molar-refractivity contribution in [1.29, 1.82) is 0 Å². The van der Waals surface area contributed by atoms with E-state index < -0.39 is 16.7 Å². The second kappa shape index (κ2) is 6.93. The maximum atomic E-state index is 12.8. The molecule has 8 nitrogen and oxygen atoms in total. The van der Waals surface area contributed by atoms with Gasteiger partial charge in [0.2, 0.25) is 0 Å². The Hall–Kier alpha value is -2.32. The van der Waals surface area contributed by atoms with Gasteiger partial charge in [-0.1, -0.05) is 18.9 Å². The highest BCUT2D eigenvalue weighted by Gasteiger charge is 2.43. The highest BCUT2D eigenvalue weighted by atomic mass is 16.5. The van der Waals surface area contributed by atoms with Gasteiger partial charge in [0, 0.05) is 25.8 Å². The molecule has 2 fully saturated rings. The molecule has 8 heteroatoms. The minimum Gasteiger partial charge on any atom is -0.364 e. The lowest BCUT2D eigenvalue weighted by Crippen LogP contribution is -2.53. The lowest BCUT2D eigenvalue weighted by Gasteiger charge is -2.35. The van der Waals surface area contributed by atoms with Crippen molar-refractivity contribution in [2.75, 3.05) is 13.1 Å². The Bertz CT molecular complexity index is 980. The van der Waals surface area contributed by atoms with E-state index in [0.29, 0.717) is 12.4 Å². The first-order valence-corrected chi connectivity index (χ1v) is 10.1. The third-order valence-corrected chi connectivity index (χ3v) is 6.30. The third-order valence-electron chi connectivity index (χ3n) is 6.30. The molecule has 0 N–H and O–H groups in total. The fourth-order valence-electron chi connectivity index (χ4n) is 4.80. The molecule has 2 aliphatic heterocycles. The van der Waals surface area contributed by atoms with Crippen molar-refractivity contribution in [3.8, 4) is 0 Å². The van der Waals surface area contributed by atoms with E-state index in [9.17, 15) is 9.59 Å². The van der Waals surface area contributed by atoms with Crippen LogP contribution in [0.1, 0.15) is 49.7 Å². The molecule has 3 aliphatic rings. The van der Waals surface area contributed by atoms with Crippen molar-refractivity contribution in [2.45, 2.75) is 63.4 Å². The van der Waals surface area contributed by atoms with Crippen LogP contribution in [0.25, 0.3) is 0 Å². The van der Waals surface area contributed by atoms with Crippen LogP contribution in [0, 0.1) is 0 Å². The Morgan fingerprint density at radius 3 is 2.79 bits per heavy atom. The number of likely N-dealkylation sites (tertiary alicyclic amines) is 1. The van der Waals surface area contributed by atoms with E-state index in [1.807, 2.05) is 18.2 Å². The van der Waals surface area contributed by atoms with Crippen LogP contribution in [0.15, 0.2) is 34.0 Å². The summed E-state index contributed by atoms with van der Waals surface area (Å²) in [5.41, 5.74) is -0.355. The molecule has 5 rings (SSSR count). The topological polar surface area (TPSA) is 82.2 Å². The van der Waals surface area contributed by atoms with Crippen molar-refractivity contribution < 1.29 is 4.74 Å². The summed E-state index contributed by atoms with van der Waals surface area (Å²) in [6.45, 7) is 3.04. The van der Waals surface area contributed by atoms with Gasteiger partial charge in [-0.2, -0.15) is 5.10 Å². The van der Waals surface area contributed by atoms with E-state index in [-0.39, 0.29) is 12.6 Å². The second-order valence-corrected chi connectivity index (χ2v) is 8.25. The Balaban J connectivity index is 1.37. The van der Waals surface area contributed by atoms with Crippen LogP contribution in [-0.4, -0.2) is 42.9 Å². The van der Waals surface area contributed by atoms with Gasteiger partial charge in [-0.25, -0.2) is 4.68 Å². The Morgan fingerprint density at radius 2 is 2.00 bits per heavy atom. The molecule has 0 bridgehead atoms. The van der Waals surface area contributed by atoms with Crippen molar-refractivity contribution in [3.63, 3.8) is 0 Å². The van der Waals surface area contributed by atoms with E-state index in [0.717, 1.165) is 57.4 Å². The molecular formula is C20H25N5O3. The van der Waals surface area contributed by atoms with Gasteiger partial charge in [-0.3, -0.25) is 24.0 Å². The molecule has 1 saturated heterocycles. The zero-order valence-corrected chi connectivity index (χ0v) is 15.9. The number of hydrogen-bond donors (Lipinski definition) is 0. The van der Waals surface area contributed by atoms with E-state index in [4.69, 9.17) is 4.74 Å². The van der Waals surface area contributed by atoms with Crippen LogP contribution in [0.5, 0.6) is 0 Å². The van der Waals surface area contributed by atoms with Gasteiger partial charge in [0.1, 0.15) is 12.2 Å². The molecule has 0 aromatic carbocycles. The summed E-state index contributed by atoms with van der Waals surface area (Å²) in [7, 11) is 0. The van der Waals surface area contributed by atoms with Crippen molar-refractivity contribution >= 4 is 0 Å². The molecule has 1 saturated carbocycles. The molecule has 0 unspecified atom stereocenters. The summed E-state index contributed by atoms with van der Waals surface area (Å²) in [5.74, 6) is 0.574.